The number of rotatable bonds is 4. The highest BCUT2D eigenvalue weighted by Crippen LogP contribution is 2.39. The van der Waals surface area contributed by atoms with Crippen LogP contribution in [0.1, 0.15) is 32.1 Å². The average Bonchev–Trinajstić information content (AvgIpc) is 3.27. The van der Waals surface area contributed by atoms with Crippen molar-refractivity contribution >= 4 is 11.9 Å². The third kappa shape index (κ3) is 3.07. The standard InChI is InChI=1S/C18H21N5O3/c24-16(11-22-20-17(19-21-22)12-6-2-1-3-7-12)23-14-9-5-4-8-13(14)10-15(23)18(25)26/h1-3,6-7,13-15H,4-5,8-11H2,(H,25,26). The number of hydrogen-bond acceptors (Lipinski definition) is 5. The summed E-state index contributed by atoms with van der Waals surface area (Å²) in [5.41, 5.74) is 0.822. The van der Waals surface area contributed by atoms with E-state index in [0.29, 0.717) is 12.2 Å². The number of fused-ring (bicyclic) bond motifs is 1. The number of carbonyl (C=O) groups excluding carboxylic acids is 1. The van der Waals surface area contributed by atoms with Gasteiger partial charge >= 0.3 is 5.97 Å². The Morgan fingerprint density at radius 1 is 1.15 bits per heavy atom. The second kappa shape index (κ2) is 6.86. The Morgan fingerprint density at radius 2 is 1.92 bits per heavy atom. The number of likely N-dealkylation sites (tertiary alicyclic amines) is 1. The van der Waals surface area contributed by atoms with E-state index in [0.717, 1.165) is 31.2 Å². The van der Waals surface area contributed by atoms with Gasteiger partial charge in [-0.3, -0.25) is 4.79 Å². The molecular weight excluding hydrogens is 334 g/mol. The fraction of sp³-hybridized carbons (Fsp3) is 0.500. The van der Waals surface area contributed by atoms with E-state index in [2.05, 4.69) is 15.4 Å². The zero-order valence-electron chi connectivity index (χ0n) is 14.4. The molecule has 0 spiro atoms. The van der Waals surface area contributed by atoms with E-state index in [9.17, 15) is 14.7 Å². The lowest BCUT2D eigenvalue weighted by Gasteiger charge is -2.32. The van der Waals surface area contributed by atoms with Gasteiger partial charge in [-0.15, -0.1) is 10.2 Å². The molecule has 2 fully saturated rings. The van der Waals surface area contributed by atoms with E-state index in [4.69, 9.17) is 0 Å². The fourth-order valence-corrected chi connectivity index (χ4v) is 4.25. The quantitative estimate of drug-likeness (QED) is 0.894. The summed E-state index contributed by atoms with van der Waals surface area (Å²) in [5.74, 6) is -0.435. The van der Waals surface area contributed by atoms with Crippen LogP contribution < -0.4 is 0 Å². The van der Waals surface area contributed by atoms with Crippen molar-refractivity contribution in [2.45, 2.75) is 50.7 Å². The van der Waals surface area contributed by atoms with Gasteiger partial charge in [-0.25, -0.2) is 4.79 Å². The van der Waals surface area contributed by atoms with Crippen LogP contribution in [0.2, 0.25) is 0 Å². The van der Waals surface area contributed by atoms with Crippen LogP contribution in [-0.2, 0) is 16.1 Å². The minimum absolute atomic E-state index is 0.0227. The Morgan fingerprint density at radius 3 is 2.69 bits per heavy atom. The monoisotopic (exact) mass is 355 g/mol. The van der Waals surface area contributed by atoms with Crippen LogP contribution >= 0.6 is 0 Å². The van der Waals surface area contributed by atoms with Gasteiger partial charge in [-0.05, 0) is 30.4 Å². The number of benzene rings is 1. The summed E-state index contributed by atoms with van der Waals surface area (Å²) in [6.45, 7) is -0.0904. The molecule has 1 amide bonds. The lowest BCUT2D eigenvalue weighted by Crippen LogP contribution is -2.47. The minimum Gasteiger partial charge on any atom is -0.480 e. The maximum absolute atomic E-state index is 12.9. The predicted molar refractivity (Wildman–Crippen MR) is 91.9 cm³/mol. The second-order valence-electron chi connectivity index (χ2n) is 7.01. The van der Waals surface area contributed by atoms with Gasteiger partial charge in [0.05, 0.1) is 0 Å². The molecule has 0 radical (unpaired) electrons. The molecule has 1 saturated heterocycles. The first-order valence-corrected chi connectivity index (χ1v) is 9.00. The van der Waals surface area contributed by atoms with E-state index in [-0.39, 0.29) is 24.4 Å². The zero-order valence-corrected chi connectivity index (χ0v) is 14.4. The highest BCUT2D eigenvalue weighted by atomic mass is 16.4. The number of amides is 1. The molecule has 8 heteroatoms. The molecule has 1 aromatic carbocycles. The average molecular weight is 355 g/mol. The van der Waals surface area contributed by atoms with Crippen LogP contribution in [0.3, 0.4) is 0 Å². The molecule has 2 aliphatic rings. The van der Waals surface area contributed by atoms with Crippen molar-refractivity contribution in [1.82, 2.24) is 25.1 Å². The van der Waals surface area contributed by atoms with Gasteiger partial charge in [0.25, 0.3) is 0 Å². The summed E-state index contributed by atoms with van der Waals surface area (Å²) >= 11 is 0. The molecule has 3 unspecified atom stereocenters. The van der Waals surface area contributed by atoms with Gasteiger partial charge in [0, 0.05) is 11.6 Å². The molecule has 2 aromatic rings. The van der Waals surface area contributed by atoms with Gasteiger partial charge < -0.3 is 10.0 Å². The SMILES string of the molecule is O=C(O)C1CC2CCCCC2N1C(=O)Cn1nnc(-c2ccccc2)n1. The van der Waals surface area contributed by atoms with Crippen molar-refractivity contribution in [3.05, 3.63) is 30.3 Å². The number of aromatic nitrogens is 4. The lowest BCUT2D eigenvalue weighted by atomic mass is 9.85. The van der Waals surface area contributed by atoms with Gasteiger partial charge in [0.1, 0.15) is 12.6 Å². The molecule has 1 aromatic heterocycles. The maximum Gasteiger partial charge on any atom is 0.326 e. The molecule has 2 heterocycles. The van der Waals surface area contributed by atoms with Crippen molar-refractivity contribution in [2.24, 2.45) is 5.92 Å². The van der Waals surface area contributed by atoms with E-state index in [1.54, 1.807) is 4.90 Å². The first-order chi connectivity index (χ1) is 12.6. The molecule has 1 aliphatic heterocycles. The second-order valence-corrected chi connectivity index (χ2v) is 7.01. The van der Waals surface area contributed by atoms with Crippen LogP contribution in [-0.4, -0.2) is 54.2 Å². The van der Waals surface area contributed by atoms with Crippen molar-refractivity contribution in [3.63, 3.8) is 0 Å². The minimum atomic E-state index is -0.927. The van der Waals surface area contributed by atoms with Gasteiger partial charge in [0.15, 0.2) is 0 Å². The van der Waals surface area contributed by atoms with Crippen LogP contribution in [0.5, 0.6) is 0 Å². The molecule has 3 atom stereocenters. The fourth-order valence-electron chi connectivity index (χ4n) is 4.25. The first kappa shape index (κ1) is 16.7. The third-order valence-electron chi connectivity index (χ3n) is 5.42. The Labute approximate surface area is 150 Å². The summed E-state index contributed by atoms with van der Waals surface area (Å²) in [4.78, 5) is 27.3. The van der Waals surface area contributed by atoms with Gasteiger partial charge in [0.2, 0.25) is 11.7 Å². The smallest absolute Gasteiger partial charge is 0.326 e. The molecule has 26 heavy (non-hydrogen) atoms. The van der Waals surface area contributed by atoms with Crippen LogP contribution in [0.25, 0.3) is 11.4 Å². The normalized spacial score (nSPS) is 25.1. The van der Waals surface area contributed by atoms with E-state index >= 15 is 0 Å². The van der Waals surface area contributed by atoms with Crippen LogP contribution in [0, 0.1) is 5.92 Å². The van der Waals surface area contributed by atoms with Crippen molar-refractivity contribution in [1.29, 1.82) is 0 Å². The van der Waals surface area contributed by atoms with Gasteiger partial charge in [-0.2, -0.15) is 4.80 Å². The number of nitrogens with zero attached hydrogens (tertiary/aromatic N) is 5. The molecule has 1 saturated carbocycles. The predicted octanol–water partition coefficient (Wildman–Crippen LogP) is 1.58. The topological polar surface area (TPSA) is 101 Å². The van der Waals surface area contributed by atoms with Crippen molar-refractivity contribution in [3.8, 4) is 11.4 Å². The Balaban J connectivity index is 1.52. The summed E-state index contributed by atoms with van der Waals surface area (Å²) in [5, 5.41) is 21.8. The maximum atomic E-state index is 12.9. The number of carboxylic acid groups (broad SMARTS) is 1. The van der Waals surface area contributed by atoms with Gasteiger partial charge in [-0.1, -0.05) is 43.2 Å². The molecule has 8 nitrogen and oxygen atoms in total. The number of tetrazole rings is 1. The number of carbonyl (C=O) groups is 2. The molecule has 0 bridgehead atoms. The number of carboxylic acids is 1. The van der Waals surface area contributed by atoms with E-state index < -0.39 is 12.0 Å². The third-order valence-corrected chi connectivity index (χ3v) is 5.42. The van der Waals surface area contributed by atoms with E-state index in [1.165, 1.54) is 4.80 Å². The van der Waals surface area contributed by atoms with Crippen LogP contribution in [0.15, 0.2) is 30.3 Å². The van der Waals surface area contributed by atoms with Crippen molar-refractivity contribution < 1.29 is 14.7 Å². The number of aliphatic carboxylic acids is 1. The summed E-state index contributed by atoms with van der Waals surface area (Å²) in [7, 11) is 0. The Hall–Kier alpha value is -2.77. The molecule has 136 valence electrons. The molecular formula is C18H21N5O3. The molecule has 1 N–H and O–H groups in total. The molecule has 4 rings (SSSR count). The van der Waals surface area contributed by atoms with Crippen molar-refractivity contribution in [2.75, 3.05) is 0 Å². The zero-order chi connectivity index (χ0) is 18.1. The van der Waals surface area contributed by atoms with E-state index in [1.807, 2.05) is 30.3 Å². The Kier molecular flexibility index (Phi) is 4.40. The summed E-state index contributed by atoms with van der Waals surface area (Å²) < 4.78 is 0. The highest BCUT2D eigenvalue weighted by Gasteiger charge is 2.47. The largest absolute Gasteiger partial charge is 0.480 e. The summed E-state index contributed by atoms with van der Waals surface area (Å²) in [6, 6.07) is 8.69. The summed E-state index contributed by atoms with van der Waals surface area (Å²) in [6.07, 6.45) is 4.57. The Bertz CT molecular complexity index is 806. The first-order valence-electron chi connectivity index (χ1n) is 9.00. The van der Waals surface area contributed by atoms with Crippen LogP contribution in [0.4, 0.5) is 0 Å². The lowest BCUT2D eigenvalue weighted by molar-refractivity contribution is -0.150. The molecule has 1 aliphatic carbocycles. The number of hydrogen-bond donors (Lipinski definition) is 1. The highest BCUT2D eigenvalue weighted by molar-refractivity contribution is 5.84.